The number of aromatic nitrogens is 1. The molecule has 0 fully saturated rings. The summed E-state index contributed by atoms with van der Waals surface area (Å²) in [7, 11) is 0. The number of carbonyl (C=O) groups is 1. The second-order valence-electron chi connectivity index (χ2n) is 7.11. The lowest BCUT2D eigenvalue weighted by molar-refractivity contribution is 0.0996. The number of H-pyrrole nitrogens is 1. The van der Waals surface area contributed by atoms with Crippen LogP contribution in [0.25, 0.3) is 10.9 Å². The molecule has 4 N–H and O–H groups in total. The molecule has 2 aromatic carbocycles. The molecule has 1 aromatic heterocycles. The molecule has 7 heteroatoms. The monoisotopic (exact) mass is 385 g/mol. The second-order valence-corrected chi connectivity index (χ2v) is 7.11. The molecule has 146 valence electrons. The van der Waals surface area contributed by atoms with Crippen LogP contribution in [0.1, 0.15) is 21.5 Å². The van der Waals surface area contributed by atoms with E-state index in [1.54, 1.807) is 6.07 Å². The lowest BCUT2D eigenvalue weighted by Crippen LogP contribution is -2.33. The maximum atomic E-state index is 13.9. The topological polar surface area (TPSA) is 80.1 Å². The maximum absolute atomic E-state index is 13.9. The summed E-state index contributed by atoms with van der Waals surface area (Å²) in [6.07, 6.45) is 3.17. The van der Waals surface area contributed by atoms with Crippen molar-refractivity contribution in [2.75, 3.05) is 19.7 Å². The van der Waals surface area contributed by atoms with E-state index in [4.69, 9.17) is 10.5 Å². The second kappa shape index (κ2) is 7.59. The summed E-state index contributed by atoms with van der Waals surface area (Å²) in [5.41, 5.74) is 8.21. The normalized spacial score (nSPS) is 16.0. The third-order valence-electron chi connectivity index (χ3n) is 5.17. The van der Waals surface area contributed by atoms with Crippen LogP contribution >= 0.6 is 0 Å². The molecular formula is C21H21F2N3O2. The first-order chi connectivity index (χ1) is 13.5. The Hall–Kier alpha value is -2.93. The molecule has 0 bridgehead atoms. The van der Waals surface area contributed by atoms with Gasteiger partial charge in [-0.15, -0.1) is 0 Å². The van der Waals surface area contributed by atoms with Crippen molar-refractivity contribution in [3.05, 3.63) is 64.9 Å². The molecule has 28 heavy (non-hydrogen) atoms. The highest BCUT2D eigenvalue weighted by molar-refractivity contribution is 5.95. The van der Waals surface area contributed by atoms with Crippen molar-refractivity contribution in [1.29, 1.82) is 0 Å². The first-order valence-electron chi connectivity index (χ1n) is 9.23. The van der Waals surface area contributed by atoms with Gasteiger partial charge >= 0.3 is 0 Å². The van der Waals surface area contributed by atoms with Crippen molar-refractivity contribution in [1.82, 2.24) is 10.3 Å². The van der Waals surface area contributed by atoms with Crippen molar-refractivity contribution in [3.8, 4) is 5.75 Å². The van der Waals surface area contributed by atoms with E-state index in [2.05, 4.69) is 10.3 Å². The largest absolute Gasteiger partial charge is 0.490 e. The van der Waals surface area contributed by atoms with E-state index in [9.17, 15) is 13.6 Å². The number of hydrogen-bond acceptors (Lipinski definition) is 3. The number of nitrogens with one attached hydrogen (secondary N) is 2. The van der Waals surface area contributed by atoms with Crippen LogP contribution in [0.4, 0.5) is 8.78 Å². The maximum Gasteiger partial charge on any atom is 0.249 e. The Morgan fingerprint density at radius 1 is 1.29 bits per heavy atom. The molecule has 0 spiro atoms. The van der Waals surface area contributed by atoms with Crippen LogP contribution in [0.3, 0.4) is 0 Å². The molecule has 4 rings (SSSR count). The summed E-state index contributed by atoms with van der Waals surface area (Å²) in [5.74, 6) is -1.07. The van der Waals surface area contributed by atoms with E-state index in [-0.39, 0.29) is 17.5 Å². The van der Waals surface area contributed by atoms with E-state index in [1.165, 1.54) is 24.3 Å². The van der Waals surface area contributed by atoms with Gasteiger partial charge in [-0.05, 0) is 55.3 Å². The third kappa shape index (κ3) is 3.57. The number of carbonyl (C=O) groups excluding carboxylic acids is 1. The molecule has 0 aliphatic carbocycles. The molecule has 0 saturated heterocycles. The average Bonchev–Trinajstić information content (AvgIpc) is 3.07. The van der Waals surface area contributed by atoms with Crippen molar-refractivity contribution >= 4 is 16.8 Å². The van der Waals surface area contributed by atoms with Crippen LogP contribution in [-0.2, 0) is 12.8 Å². The van der Waals surface area contributed by atoms with Crippen LogP contribution < -0.4 is 15.8 Å². The van der Waals surface area contributed by atoms with Crippen molar-refractivity contribution < 1.29 is 18.3 Å². The SMILES string of the molecule is NC(=O)c1ccc(F)c2c1CC(CNCCc1c[nH]c3ccc(F)cc13)CO2. The molecule has 3 aromatic rings. The standard InChI is InChI=1S/C21H21F2N3O2/c22-14-1-4-19-16(8-14)13(10-26-19)5-6-25-9-12-7-17-15(21(24)27)2-3-18(23)20(17)28-11-12/h1-4,8,10,12,25-26H,5-7,9,11H2,(H2,24,27). The first-order valence-corrected chi connectivity index (χ1v) is 9.23. The summed E-state index contributed by atoms with van der Waals surface area (Å²) in [6, 6.07) is 7.32. The minimum Gasteiger partial charge on any atom is -0.490 e. The molecule has 0 radical (unpaired) electrons. The number of aromatic amines is 1. The van der Waals surface area contributed by atoms with Crippen molar-refractivity contribution in [3.63, 3.8) is 0 Å². The fourth-order valence-corrected chi connectivity index (χ4v) is 3.76. The quantitative estimate of drug-likeness (QED) is 0.571. The number of benzene rings is 2. The molecule has 1 unspecified atom stereocenters. The van der Waals surface area contributed by atoms with Gasteiger partial charge in [-0.25, -0.2) is 8.78 Å². The Balaban J connectivity index is 1.36. The summed E-state index contributed by atoms with van der Waals surface area (Å²) in [6.45, 7) is 1.74. The molecule has 1 atom stereocenters. The smallest absolute Gasteiger partial charge is 0.249 e. The fourth-order valence-electron chi connectivity index (χ4n) is 3.76. The number of halogens is 2. The van der Waals surface area contributed by atoms with Crippen LogP contribution in [0.15, 0.2) is 36.5 Å². The summed E-state index contributed by atoms with van der Waals surface area (Å²) in [5, 5.41) is 4.26. The van der Waals surface area contributed by atoms with Gasteiger partial charge in [0.05, 0.1) is 6.61 Å². The van der Waals surface area contributed by atoms with Gasteiger partial charge in [0.1, 0.15) is 5.82 Å². The van der Waals surface area contributed by atoms with Gasteiger partial charge < -0.3 is 20.8 Å². The zero-order valence-corrected chi connectivity index (χ0v) is 15.2. The molecule has 5 nitrogen and oxygen atoms in total. The lowest BCUT2D eigenvalue weighted by atomic mass is 9.92. The number of primary amides is 1. The summed E-state index contributed by atoms with van der Waals surface area (Å²) in [4.78, 5) is 14.8. The number of amides is 1. The Morgan fingerprint density at radius 2 is 2.14 bits per heavy atom. The Bertz CT molecular complexity index is 1030. The Morgan fingerprint density at radius 3 is 2.96 bits per heavy atom. The highest BCUT2D eigenvalue weighted by Crippen LogP contribution is 2.32. The fraction of sp³-hybridized carbons (Fsp3) is 0.286. The molecular weight excluding hydrogens is 364 g/mol. The number of fused-ring (bicyclic) bond motifs is 2. The minimum absolute atomic E-state index is 0.104. The highest BCUT2D eigenvalue weighted by atomic mass is 19.1. The van der Waals surface area contributed by atoms with Crippen molar-refractivity contribution in [2.24, 2.45) is 11.7 Å². The van der Waals surface area contributed by atoms with Gasteiger partial charge in [0.15, 0.2) is 11.6 Å². The van der Waals surface area contributed by atoms with Gasteiger partial charge in [-0.3, -0.25) is 4.79 Å². The van der Waals surface area contributed by atoms with Crippen LogP contribution in [0.5, 0.6) is 5.75 Å². The third-order valence-corrected chi connectivity index (χ3v) is 5.17. The summed E-state index contributed by atoms with van der Waals surface area (Å²) < 4.78 is 33.0. The van der Waals surface area contributed by atoms with Crippen molar-refractivity contribution in [2.45, 2.75) is 12.8 Å². The zero-order valence-electron chi connectivity index (χ0n) is 15.2. The molecule has 1 amide bonds. The zero-order chi connectivity index (χ0) is 19.7. The van der Waals surface area contributed by atoms with Gasteiger partial charge in [0.2, 0.25) is 5.91 Å². The van der Waals surface area contributed by atoms with E-state index >= 15 is 0 Å². The van der Waals surface area contributed by atoms with Crippen LogP contribution in [0.2, 0.25) is 0 Å². The van der Waals surface area contributed by atoms with Gasteiger partial charge in [0, 0.05) is 40.7 Å². The van der Waals surface area contributed by atoms with Crippen LogP contribution in [-0.4, -0.2) is 30.6 Å². The Kier molecular flexibility index (Phi) is 5.00. The number of hydrogen-bond donors (Lipinski definition) is 3. The van der Waals surface area contributed by atoms with E-state index in [0.717, 1.165) is 22.9 Å². The predicted octanol–water partition coefficient (Wildman–Crippen LogP) is 2.93. The van der Waals surface area contributed by atoms with E-state index in [0.29, 0.717) is 37.2 Å². The summed E-state index contributed by atoms with van der Waals surface area (Å²) >= 11 is 0. The number of ether oxygens (including phenoxy) is 1. The first kappa shape index (κ1) is 18.4. The van der Waals surface area contributed by atoms with Gasteiger partial charge in [-0.1, -0.05) is 0 Å². The lowest BCUT2D eigenvalue weighted by Gasteiger charge is -2.27. The Labute approximate surface area is 160 Å². The molecule has 2 heterocycles. The number of rotatable bonds is 6. The molecule has 0 saturated carbocycles. The highest BCUT2D eigenvalue weighted by Gasteiger charge is 2.26. The van der Waals surface area contributed by atoms with Crippen LogP contribution in [0, 0.1) is 17.6 Å². The average molecular weight is 385 g/mol. The minimum atomic E-state index is -0.583. The number of nitrogens with two attached hydrogens (primary N) is 1. The molecule has 1 aliphatic heterocycles. The van der Waals surface area contributed by atoms with E-state index in [1.807, 2.05) is 6.20 Å². The van der Waals surface area contributed by atoms with E-state index < -0.39 is 11.7 Å². The van der Waals surface area contributed by atoms with Gasteiger partial charge in [-0.2, -0.15) is 0 Å². The predicted molar refractivity (Wildman–Crippen MR) is 102 cm³/mol. The molecule has 1 aliphatic rings. The van der Waals surface area contributed by atoms with Gasteiger partial charge in [0.25, 0.3) is 0 Å².